The summed E-state index contributed by atoms with van der Waals surface area (Å²) in [6.45, 7) is 4.39. The summed E-state index contributed by atoms with van der Waals surface area (Å²) in [6, 6.07) is 10.4. The van der Waals surface area contributed by atoms with E-state index in [0.717, 1.165) is 0 Å². The summed E-state index contributed by atoms with van der Waals surface area (Å²) < 4.78 is 21.6. The average molecular weight is 442 g/mol. The fourth-order valence-electron chi connectivity index (χ4n) is 3.30. The first-order valence-electron chi connectivity index (χ1n) is 10.2. The molecule has 32 heavy (non-hydrogen) atoms. The fraction of sp³-hybridized carbons (Fsp3) is 0.348. The Morgan fingerprint density at radius 2 is 1.97 bits per heavy atom. The van der Waals surface area contributed by atoms with Gasteiger partial charge in [-0.2, -0.15) is 0 Å². The third-order valence-corrected chi connectivity index (χ3v) is 4.74. The van der Waals surface area contributed by atoms with Crippen LogP contribution in [0.4, 0.5) is 10.5 Å². The average Bonchev–Trinajstić information content (AvgIpc) is 3.15. The molecular weight excluding hydrogens is 416 g/mol. The van der Waals surface area contributed by atoms with E-state index < -0.39 is 6.09 Å². The summed E-state index contributed by atoms with van der Waals surface area (Å²) in [4.78, 5) is 37.1. The van der Waals surface area contributed by atoms with Crippen molar-refractivity contribution in [2.45, 2.75) is 26.8 Å². The lowest BCUT2D eigenvalue weighted by atomic mass is 10.1. The predicted molar refractivity (Wildman–Crippen MR) is 116 cm³/mol. The van der Waals surface area contributed by atoms with Crippen molar-refractivity contribution >= 4 is 23.7 Å². The van der Waals surface area contributed by atoms with Crippen molar-refractivity contribution in [3.8, 4) is 17.2 Å². The van der Waals surface area contributed by atoms with Crippen molar-refractivity contribution in [2.75, 3.05) is 32.2 Å². The van der Waals surface area contributed by atoms with Crippen LogP contribution in [0.5, 0.6) is 17.2 Å². The molecule has 3 rings (SSSR count). The molecule has 170 valence electrons. The van der Waals surface area contributed by atoms with Crippen LogP contribution in [0.1, 0.15) is 25.0 Å². The van der Waals surface area contributed by atoms with Gasteiger partial charge in [0.1, 0.15) is 12.4 Å². The monoisotopic (exact) mass is 442 g/mol. The van der Waals surface area contributed by atoms with Crippen molar-refractivity contribution in [3.05, 3.63) is 47.5 Å². The standard InChI is InChI=1S/C23H26N2O7/c1-4-30-22(27)13-16-8-9-20(29-3)21(12-16)32-19-7-5-6-18(24-15(2)26)17(19)14-25-10-11-31-23(25)28/h5-9,12H,4,10-11,13-14H2,1-3H3,(H,24,26). The Labute approximate surface area is 186 Å². The fourth-order valence-corrected chi connectivity index (χ4v) is 3.30. The SMILES string of the molecule is CCOC(=O)Cc1ccc(OC)c(Oc2cccc(NC(C)=O)c2CN2CCOC2=O)c1. The number of hydrogen-bond donors (Lipinski definition) is 1. The topological polar surface area (TPSA) is 103 Å². The number of methoxy groups -OCH3 is 1. The Balaban J connectivity index is 1.95. The number of carbonyl (C=O) groups excluding carboxylic acids is 3. The number of rotatable bonds is 9. The first-order valence-corrected chi connectivity index (χ1v) is 10.2. The number of esters is 1. The lowest BCUT2D eigenvalue weighted by Crippen LogP contribution is -2.24. The number of anilines is 1. The van der Waals surface area contributed by atoms with E-state index in [1.54, 1.807) is 43.3 Å². The Bertz CT molecular complexity index is 1010. The summed E-state index contributed by atoms with van der Waals surface area (Å²) >= 11 is 0. The molecule has 2 amide bonds. The molecule has 1 heterocycles. The number of carbonyl (C=O) groups is 3. The highest BCUT2D eigenvalue weighted by Gasteiger charge is 2.25. The Morgan fingerprint density at radius 1 is 1.16 bits per heavy atom. The molecule has 0 aromatic heterocycles. The Hall–Kier alpha value is -3.75. The molecule has 0 saturated carbocycles. The largest absolute Gasteiger partial charge is 0.493 e. The van der Waals surface area contributed by atoms with E-state index in [0.29, 0.717) is 53.8 Å². The Morgan fingerprint density at radius 3 is 2.62 bits per heavy atom. The zero-order valence-electron chi connectivity index (χ0n) is 18.3. The predicted octanol–water partition coefficient (Wildman–Crippen LogP) is 3.50. The normalized spacial score (nSPS) is 12.8. The molecular formula is C23H26N2O7. The minimum absolute atomic E-state index is 0.0899. The number of amides is 2. The van der Waals surface area contributed by atoms with Crippen LogP contribution in [-0.2, 0) is 32.0 Å². The second-order valence-electron chi connectivity index (χ2n) is 7.07. The molecule has 1 aliphatic rings. The number of cyclic esters (lactones) is 1. The van der Waals surface area contributed by atoms with Gasteiger partial charge in [0, 0.05) is 18.2 Å². The minimum Gasteiger partial charge on any atom is -0.493 e. The molecule has 1 fully saturated rings. The van der Waals surface area contributed by atoms with E-state index >= 15 is 0 Å². The van der Waals surface area contributed by atoms with Gasteiger partial charge in [-0.15, -0.1) is 0 Å². The summed E-state index contributed by atoms with van der Waals surface area (Å²) in [5, 5.41) is 2.78. The summed E-state index contributed by atoms with van der Waals surface area (Å²) in [5.41, 5.74) is 1.83. The highest BCUT2D eigenvalue weighted by molar-refractivity contribution is 5.90. The van der Waals surface area contributed by atoms with Gasteiger partial charge in [0.2, 0.25) is 5.91 Å². The van der Waals surface area contributed by atoms with Gasteiger partial charge >= 0.3 is 12.1 Å². The zero-order valence-corrected chi connectivity index (χ0v) is 18.3. The van der Waals surface area contributed by atoms with E-state index in [1.807, 2.05) is 0 Å². The van der Waals surface area contributed by atoms with Crippen LogP contribution in [0.3, 0.4) is 0 Å². The lowest BCUT2D eigenvalue weighted by Gasteiger charge is -2.20. The van der Waals surface area contributed by atoms with Crippen molar-refractivity contribution < 1.29 is 33.3 Å². The van der Waals surface area contributed by atoms with Gasteiger partial charge in [-0.3, -0.25) is 9.59 Å². The van der Waals surface area contributed by atoms with Crippen LogP contribution in [0, 0.1) is 0 Å². The highest BCUT2D eigenvalue weighted by atomic mass is 16.6. The summed E-state index contributed by atoms with van der Waals surface area (Å²) in [5.74, 6) is 0.696. The van der Waals surface area contributed by atoms with Crippen LogP contribution < -0.4 is 14.8 Å². The lowest BCUT2D eigenvalue weighted by molar-refractivity contribution is -0.142. The van der Waals surface area contributed by atoms with Gasteiger partial charge in [-0.25, -0.2) is 4.79 Å². The summed E-state index contributed by atoms with van der Waals surface area (Å²) in [6.07, 6.45) is -0.338. The first-order chi connectivity index (χ1) is 15.4. The molecule has 0 unspecified atom stereocenters. The molecule has 2 aromatic rings. The maximum atomic E-state index is 12.0. The summed E-state index contributed by atoms with van der Waals surface area (Å²) in [7, 11) is 1.52. The van der Waals surface area contributed by atoms with Crippen molar-refractivity contribution in [2.24, 2.45) is 0 Å². The van der Waals surface area contributed by atoms with Gasteiger partial charge in [0.25, 0.3) is 0 Å². The highest BCUT2D eigenvalue weighted by Crippen LogP contribution is 2.37. The van der Waals surface area contributed by atoms with Gasteiger partial charge in [0.15, 0.2) is 11.5 Å². The minimum atomic E-state index is -0.428. The Kier molecular flexibility index (Phi) is 7.54. The van der Waals surface area contributed by atoms with E-state index in [9.17, 15) is 14.4 Å². The maximum absolute atomic E-state index is 12.0. The van der Waals surface area contributed by atoms with Crippen molar-refractivity contribution in [1.29, 1.82) is 0 Å². The smallest absolute Gasteiger partial charge is 0.410 e. The molecule has 1 aliphatic heterocycles. The number of nitrogens with one attached hydrogen (secondary N) is 1. The second-order valence-corrected chi connectivity index (χ2v) is 7.07. The first kappa shape index (κ1) is 22.9. The molecule has 9 heteroatoms. The number of nitrogens with zero attached hydrogens (tertiary/aromatic N) is 1. The van der Waals surface area contributed by atoms with Crippen LogP contribution in [0.2, 0.25) is 0 Å². The second kappa shape index (κ2) is 10.5. The van der Waals surface area contributed by atoms with Gasteiger partial charge < -0.3 is 29.2 Å². The van der Waals surface area contributed by atoms with Gasteiger partial charge in [-0.1, -0.05) is 12.1 Å². The van der Waals surface area contributed by atoms with E-state index in [2.05, 4.69) is 5.32 Å². The maximum Gasteiger partial charge on any atom is 0.410 e. The third kappa shape index (κ3) is 5.69. The van der Waals surface area contributed by atoms with Crippen molar-refractivity contribution in [1.82, 2.24) is 4.90 Å². The number of benzene rings is 2. The molecule has 9 nitrogen and oxygen atoms in total. The van der Waals surface area contributed by atoms with Gasteiger partial charge in [0.05, 0.1) is 33.2 Å². The number of hydrogen-bond acceptors (Lipinski definition) is 7. The van der Waals surface area contributed by atoms with E-state index in [1.165, 1.54) is 18.9 Å². The number of ether oxygens (including phenoxy) is 4. The van der Waals surface area contributed by atoms with Crippen LogP contribution in [-0.4, -0.2) is 49.7 Å². The van der Waals surface area contributed by atoms with Crippen LogP contribution in [0.15, 0.2) is 36.4 Å². The molecule has 0 spiro atoms. The van der Waals surface area contributed by atoms with Gasteiger partial charge in [-0.05, 0) is 36.8 Å². The van der Waals surface area contributed by atoms with Crippen LogP contribution >= 0.6 is 0 Å². The molecule has 0 aliphatic carbocycles. The third-order valence-electron chi connectivity index (χ3n) is 4.74. The van der Waals surface area contributed by atoms with E-state index in [4.69, 9.17) is 18.9 Å². The van der Waals surface area contributed by atoms with E-state index in [-0.39, 0.29) is 24.8 Å². The van der Waals surface area contributed by atoms with Crippen LogP contribution in [0.25, 0.3) is 0 Å². The van der Waals surface area contributed by atoms with Crippen molar-refractivity contribution in [3.63, 3.8) is 0 Å². The molecule has 1 saturated heterocycles. The quantitative estimate of drug-likeness (QED) is 0.593. The zero-order chi connectivity index (χ0) is 23.1. The molecule has 1 N–H and O–H groups in total. The molecule has 0 atom stereocenters. The molecule has 0 bridgehead atoms. The molecule has 2 aromatic carbocycles. The molecule has 0 radical (unpaired) electrons.